The first-order valence-corrected chi connectivity index (χ1v) is 8.44. The highest BCUT2D eigenvalue weighted by Crippen LogP contribution is 2.30. The lowest BCUT2D eigenvalue weighted by molar-refractivity contribution is 0.368. The number of nitrogens with zero attached hydrogens (tertiary/aromatic N) is 1. The van der Waals surface area contributed by atoms with Gasteiger partial charge in [-0.1, -0.05) is 19.9 Å². The Bertz CT molecular complexity index is 497. The number of nitrogens with one attached hydrogen (secondary N) is 1. The van der Waals surface area contributed by atoms with Crippen LogP contribution < -0.4 is 5.32 Å². The Balaban J connectivity index is 3.15. The molecular formula is C14H24N2O2S. The van der Waals surface area contributed by atoms with Crippen LogP contribution in [0.1, 0.15) is 39.3 Å². The molecular weight excluding hydrogens is 260 g/mol. The second-order valence-electron chi connectivity index (χ2n) is 5.45. The maximum atomic E-state index is 12.0. The third kappa shape index (κ3) is 3.54. The highest BCUT2D eigenvalue weighted by Gasteiger charge is 2.42. The van der Waals surface area contributed by atoms with Gasteiger partial charge in [-0.05, 0) is 32.5 Å². The van der Waals surface area contributed by atoms with Crippen molar-refractivity contribution in [2.45, 2.75) is 44.4 Å². The van der Waals surface area contributed by atoms with Gasteiger partial charge in [0.15, 0.2) is 9.84 Å². The highest BCUT2D eigenvalue weighted by molar-refractivity contribution is 7.92. The van der Waals surface area contributed by atoms with E-state index >= 15 is 0 Å². The van der Waals surface area contributed by atoms with Crippen LogP contribution >= 0.6 is 0 Å². The van der Waals surface area contributed by atoms with Crippen molar-refractivity contribution in [3.8, 4) is 0 Å². The number of hydrogen-bond donors (Lipinski definition) is 1. The zero-order valence-corrected chi connectivity index (χ0v) is 13.2. The number of likely N-dealkylation sites (N-methyl/N-ethyl adjacent to an activating group) is 1. The molecule has 0 radical (unpaired) electrons. The van der Waals surface area contributed by atoms with Crippen LogP contribution in [0, 0.1) is 0 Å². The molecule has 2 unspecified atom stereocenters. The Labute approximate surface area is 116 Å². The minimum absolute atomic E-state index is 0.0193. The van der Waals surface area contributed by atoms with E-state index in [1.165, 1.54) is 6.26 Å². The second kappa shape index (κ2) is 6.01. The van der Waals surface area contributed by atoms with E-state index < -0.39 is 14.6 Å². The van der Waals surface area contributed by atoms with Gasteiger partial charge in [-0.15, -0.1) is 0 Å². The second-order valence-corrected chi connectivity index (χ2v) is 8.05. The summed E-state index contributed by atoms with van der Waals surface area (Å²) in [6.07, 6.45) is 3.03. The fraction of sp³-hybridized carbons (Fsp3) is 0.643. The van der Waals surface area contributed by atoms with Crippen LogP contribution in [0.5, 0.6) is 0 Å². The van der Waals surface area contributed by atoms with E-state index in [9.17, 15) is 8.42 Å². The molecule has 1 aromatic heterocycles. The number of rotatable bonds is 6. The molecule has 0 spiro atoms. The van der Waals surface area contributed by atoms with Gasteiger partial charge in [-0.2, -0.15) is 0 Å². The van der Waals surface area contributed by atoms with Gasteiger partial charge in [0.1, 0.15) is 0 Å². The first-order valence-electron chi connectivity index (χ1n) is 6.55. The van der Waals surface area contributed by atoms with Crippen molar-refractivity contribution in [2.75, 3.05) is 12.8 Å². The lowest BCUT2D eigenvalue weighted by atomic mass is 9.88. The van der Waals surface area contributed by atoms with Crippen LogP contribution in [0.2, 0.25) is 0 Å². The van der Waals surface area contributed by atoms with E-state index in [1.54, 1.807) is 20.0 Å². The summed E-state index contributed by atoms with van der Waals surface area (Å²) in [6.45, 7) is 8.27. The quantitative estimate of drug-likeness (QED) is 0.868. The number of aromatic nitrogens is 1. The molecule has 1 N–H and O–H groups in total. The van der Waals surface area contributed by atoms with Crippen LogP contribution in [-0.4, -0.2) is 37.0 Å². The first-order chi connectivity index (χ1) is 8.71. The Hall–Kier alpha value is -0.940. The molecule has 0 saturated carbocycles. The zero-order chi connectivity index (χ0) is 14.7. The summed E-state index contributed by atoms with van der Waals surface area (Å²) in [5, 5.41) is 3.31. The number of sulfone groups is 1. The van der Waals surface area contributed by atoms with Crippen LogP contribution in [0.4, 0.5) is 0 Å². The molecule has 5 heteroatoms. The minimum atomic E-state index is -3.17. The van der Waals surface area contributed by atoms with Crippen molar-refractivity contribution >= 4 is 9.84 Å². The summed E-state index contributed by atoms with van der Waals surface area (Å²) in [5.41, 5.74) is 0.908. The van der Waals surface area contributed by atoms with E-state index in [0.717, 1.165) is 12.2 Å². The van der Waals surface area contributed by atoms with Crippen molar-refractivity contribution in [3.63, 3.8) is 0 Å². The Morgan fingerprint density at radius 3 is 2.42 bits per heavy atom. The molecule has 4 nitrogen and oxygen atoms in total. The third-order valence-corrected chi connectivity index (χ3v) is 5.95. The molecule has 0 aliphatic rings. The standard InChI is InChI=1S/C14H24N2O2S/c1-6-15-13(14(3,4)19(5,17)18)11(2)12-9-7-8-10-16-12/h7-11,13,15H,6H2,1-5H3. The largest absolute Gasteiger partial charge is 0.312 e. The predicted octanol–water partition coefficient (Wildman–Crippen LogP) is 1.99. The Morgan fingerprint density at radius 2 is 2.00 bits per heavy atom. The molecule has 0 aliphatic heterocycles. The molecule has 19 heavy (non-hydrogen) atoms. The van der Waals surface area contributed by atoms with Crippen LogP contribution in [0.3, 0.4) is 0 Å². The summed E-state index contributed by atoms with van der Waals surface area (Å²) in [6, 6.07) is 5.55. The zero-order valence-electron chi connectivity index (χ0n) is 12.3. The smallest absolute Gasteiger partial charge is 0.154 e. The van der Waals surface area contributed by atoms with E-state index in [0.29, 0.717) is 0 Å². The van der Waals surface area contributed by atoms with Gasteiger partial charge in [-0.25, -0.2) is 8.42 Å². The summed E-state index contributed by atoms with van der Waals surface area (Å²) in [5.74, 6) is 0.0193. The summed E-state index contributed by atoms with van der Waals surface area (Å²) < 4.78 is 23.2. The normalized spacial score (nSPS) is 16.1. The fourth-order valence-electron chi connectivity index (χ4n) is 2.29. The predicted molar refractivity (Wildman–Crippen MR) is 79.0 cm³/mol. The SMILES string of the molecule is CCNC(C(C)c1ccccn1)C(C)(C)S(C)(=O)=O. The van der Waals surface area contributed by atoms with Gasteiger partial charge in [0.25, 0.3) is 0 Å². The van der Waals surface area contributed by atoms with E-state index in [1.807, 2.05) is 32.0 Å². The van der Waals surface area contributed by atoms with Crippen molar-refractivity contribution in [1.29, 1.82) is 0 Å². The highest BCUT2D eigenvalue weighted by atomic mass is 32.2. The van der Waals surface area contributed by atoms with E-state index in [4.69, 9.17) is 0 Å². The van der Waals surface area contributed by atoms with Crippen molar-refractivity contribution in [2.24, 2.45) is 0 Å². The molecule has 0 saturated heterocycles. The monoisotopic (exact) mass is 284 g/mol. The summed E-state index contributed by atoms with van der Waals surface area (Å²) in [7, 11) is -3.17. The minimum Gasteiger partial charge on any atom is -0.312 e. The molecule has 0 aromatic carbocycles. The van der Waals surface area contributed by atoms with Gasteiger partial charge in [0.2, 0.25) is 0 Å². The average Bonchev–Trinajstić information content (AvgIpc) is 2.34. The van der Waals surface area contributed by atoms with Gasteiger partial charge in [0, 0.05) is 30.1 Å². The van der Waals surface area contributed by atoms with E-state index in [-0.39, 0.29) is 12.0 Å². The van der Waals surface area contributed by atoms with Gasteiger partial charge >= 0.3 is 0 Å². The molecule has 2 atom stereocenters. The molecule has 108 valence electrons. The van der Waals surface area contributed by atoms with Crippen molar-refractivity contribution < 1.29 is 8.42 Å². The molecule has 0 fully saturated rings. The maximum absolute atomic E-state index is 12.0. The van der Waals surface area contributed by atoms with Crippen LogP contribution in [0.25, 0.3) is 0 Å². The maximum Gasteiger partial charge on any atom is 0.154 e. The number of hydrogen-bond acceptors (Lipinski definition) is 4. The first kappa shape index (κ1) is 16.1. The summed E-state index contributed by atoms with van der Waals surface area (Å²) in [4.78, 5) is 4.34. The lowest BCUT2D eigenvalue weighted by Crippen LogP contribution is -2.54. The third-order valence-electron chi connectivity index (χ3n) is 3.78. The fourth-order valence-corrected chi connectivity index (χ4v) is 3.04. The molecule has 1 heterocycles. The number of pyridine rings is 1. The lowest BCUT2D eigenvalue weighted by Gasteiger charge is -2.37. The molecule has 0 bridgehead atoms. The Kier molecular flexibility index (Phi) is 5.10. The van der Waals surface area contributed by atoms with E-state index in [2.05, 4.69) is 10.3 Å². The summed E-state index contributed by atoms with van der Waals surface area (Å²) >= 11 is 0. The van der Waals surface area contributed by atoms with Gasteiger partial charge in [-0.3, -0.25) is 4.98 Å². The van der Waals surface area contributed by atoms with Gasteiger partial charge < -0.3 is 5.32 Å². The molecule has 0 aliphatic carbocycles. The molecule has 1 rings (SSSR count). The molecule has 0 amide bonds. The van der Waals surface area contributed by atoms with Crippen LogP contribution in [-0.2, 0) is 9.84 Å². The average molecular weight is 284 g/mol. The van der Waals surface area contributed by atoms with Crippen molar-refractivity contribution in [1.82, 2.24) is 10.3 Å². The van der Waals surface area contributed by atoms with Gasteiger partial charge in [0.05, 0.1) is 4.75 Å². The topological polar surface area (TPSA) is 59.1 Å². The molecule has 1 aromatic rings. The Morgan fingerprint density at radius 1 is 1.37 bits per heavy atom. The van der Waals surface area contributed by atoms with Crippen LogP contribution in [0.15, 0.2) is 24.4 Å². The van der Waals surface area contributed by atoms with Crippen molar-refractivity contribution in [3.05, 3.63) is 30.1 Å².